The number of anilines is 1. The molecule has 2 aromatic carbocycles. The molecule has 25 heavy (non-hydrogen) atoms. The van der Waals surface area contributed by atoms with E-state index in [2.05, 4.69) is 5.32 Å². The summed E-state index contributed by atoms with van der Waals surface area (Å²) in [6.07, 6.45) is 1.69. The molecule has 3 rings (SSSR count). The quantitative estimate of drug-likeness (QED) is 0.624. The van der Waals surface area contributed by atoms with Gasteiger partial charge in [0, 0.05) is 25.2 Å². The summed E-state index contributed by atoms with van der Waals surface area (Å²) < 4.78 is 0. The summed E-state index contributed by atoms with van der Waals surface area (Å²) in [7, 11) is 0. The molecule has 2 N–H and O–H groups in total. The van der Waals surface area contributed by atoms with E-state index in [4.69, 9.17) is 0 Å². The first kappa shape index (κ1) is 17.2. The Morgan fingerprint density at radius 3 is 2.40 bits per heavy atom. The van der Waals surface area contributed by atoms with Crippen LogP contribution in [0.4, 0.5) is 5.69 Å². The molecule has 0 bridgehead atoms. The molecule has 1 heterocycles. The highest BCUT2D eigenvalue weighted by atomic mass is 16.3. The predicted octanol–water partition coefficient (Wildman–Crippen LogP) is 1.90. The Morgan fingerprint density at radius 2 is 1.72 bits per heavy atom. The second kappa shape index (κ2) is 7.49. The van der Waals surface area contributed by atoms with Crippen molar-refractivity contribution in [2.24, 2.45) is 0 Å². The molecule has 0 aliphatic carbocycles. The lowest BCUT2D eigenvalue weighted by Gasteiger charge is -2.21. The highest BCUT2D eigenvalue weighted by Gasteiger charge is 2.51. The van der Waals surface area contributed by atoms with Gasteiger partial charge in [0.05, 0.1) is 0 Å². The van der Waals surface area contributed by atoms with E-state index in [1.807, 2.05) is 48.5 Å². The van der Waals surface area contributed by atoms with E-state index in [-0.39, 0.29) is 6.42 Å². The van der Waals surface area contributed by atoms with E-state index < -0.39 is 17.4 Å². The third-order valence-electron chi connectivity index (χ3n) is 4.51. The predicted molar refractivity (Wildman–Crippen MR) is 96.1 cm³/mol. The third-order valence-corrected chi connectivity index (χ3v) is 4.51. The zero-order valence-corrected chi connectivity index (χ0v) is 14.0. The number of nitrogens with one attached hydrogen (secondary N) is 1. The lowest BCUT2D eigenvalue weighted by Crippen LogP contribution is -2.52. The highest BCUT2D eigenvalue weighted by Crippen LogP contribution is 2.28. The minimum Gasteiger partial charge on any atom is -0.372 e. The van der Waals surface area contributed by atoms with Gasteiger partial charge in [-0.1, -0.05) is 48.5 Å². The molecule has 1 aliphatic heterocycles. The first-order valence-electron chi connectivity index (χ1n) is 8.53. The number of aryl methyl sites for hydroxylation is 1. The SMILES string of the molecule is O=C(NCCCc1ccccc1)C1(O)CCN(c2ccccc2)C1=O. The fraction of sp³-hybridized carbons (Fsp3) is 0.300. The van der Waals surface area contributed by atoms with Gasteiger partial charge >= 0.3 is 0 Å². The topological polar surface area (TPSA) is 69.6 Å². The number of nitrogens with zero attached hydrogens (tertiary/aromatic N) is 1. The second-order valence-corrected chi connectivity index (χ2v) is 6.25. The van der Waals surface area contributed by atoms with Crippen molar-refractivity contribution in [2.75, 3.05) is 18.0 Å². The zero-order valence-electron chi connectivity index (χ0n) is 14.0. The van der Waals surface area contributed by atoms with Crippen molar-refractivity contribution < 1.29 is 14.7 Å². The van der Waals surface area contributed by atoms with Crippen molar-refractivity contribution in [1.82, 2.24) is 5.32 Å². The summed E-state index contributed by atoms with van der Waals surface area (Å²) in [6, 6.07) is 19.1. The van der Waals surface area contributed by atoms with Crippen molar-refractivity contribution in [1.29, 1.82) is 0 Å². The summed E-state index contributed by atoms with van der Waals surface area (Å²) in [4.78, 5) is 26.4. The van der Waals surface area contributed by atoms with Gasteiger partial charge < -0.3 is 15.3 Å². The fourth-order valence-electron chi connectivity index (χ4n) is 3.06. The van der Waals surface area contributed by atoms with Gasteiger partial charge in [0.15, 0.2) is 0 Å². The van der Waals surface area contributed by atoms with E-state index in [1.54, 1.807) is 12.1 Å². The van der Waals surface area contributed by atoms with Gasteiger partial charge in [0.2, 0.25) is 5.60 Å². The number of aliphatic hydroxyl groups is 1. The average molecular weight is 338 g/mol. The summed E-state index contributed by atoms with van der Waals surface area (Å²) in [5, 5.41) is 13.3. The Balaban J connectivity index is 1.54. The minimum atomic E-state index is -1.97. The molecule has 0 radical (unpaired) electrons. The van der Waals surface area contributed by atoms with E-state index in [0.717, 1.165) is 12.8 Å². The Kier molecular flexibility index (Phi) is 5.14. The van der Waals surface area contributed by atoms with Crippen LogP contribution >= 0.6 is 0 Å². The average Bonchev–Trinajstić information content (AvgIpc) is 2.96. The largest absolute Gasteiger partial charge is 0.372 e. The van der Waals surface area contributed by atoms with Gasteiger partial charge in [-0.05, 0) is 30.5 Å². The fourth-order valence-corrected chi connectivity index (χ4v) is 3.06. The molecular weight excluding hydrogens is 316 g/mol. The molecule has 5 nitrogen and oxygen atoms in total. The van der Waals surface area contributed by atoms with Crippen LogP contribution in [0.1, 0.15) is 18.4 Å². The summed E-state index contributed by atoms with van der Waals surface area (Å²) in [5.41, 5.74) is -0.0780. The third kappa shape index (κ3) is 3.72. The maximum atomic E-state index is 12.5. The maximum Gasteiger partial charge on any atom is 0.268 e. The molecule has 0 saturated carbocycles. The molecule has 1 fully saturated rings. The van der Waals surface area contributed by atoms with Gasteiger partial charge in [0.1, 0.15) is 0 Å². The molecule has 0 aromatic heterocycles. The Labute approximate surface area is 147 Å². The van der Waals surface area contributed by atoms with Gasteiger partial charge in [-0.3, -0.25) is 9.59 Å². The molecule has 2 aromatic rings. The number of amides is 2. The molecule has 1 aliphatic rings. The van der Waals surface area contributed by atoms with Crippen LogP contribution < -0.4 is 10.2 Å². The molecule has 5 heteroatoms. The van der Waals surface area contributed by atoms with Gasteiger partial charge in [-0.15, -0.1) is 0 Å². The molecule has 0 spiro atoms. The van der Waals surface area contributed by atoms with Crippen molar-refractivity contribution >= 4 is 17.5 Å². The number of hydrogen-bond donors (Lipinski definition) is 2. The van der Waals surface area contributed by atoms with E-state index in [9.17, 15) is 14.7 Å². The molecule has 130 valence electrons. The summed E-state index contributed by atoms with van der Waals surface area (Å²) in [5.74, 6) is -1.16. The monoisotopic (exact) mass is 338 g/mol. The van der Waals surface area contributed by atoms with Crippen molar-refractivity contribution in [3.8, 4) is 0 Å². The molecular formula is C20H22N2O3. The van der Waals surface area contributed by atoms with Crippen LogP contribution in [0.2, 0.25) is 0 Å². The molecule has 1 unspecified atom stereocenters. The standard InChI is InChI=1S/C20H22N2O3/c23-18(21-14-7-10-16-8-3-1-4-9-16)20(25)13-15-22(19(20)24)17-11-5-2-6-12-17/h1-6,8-9,11-12,25H,7,10,13-15H2,(H,21,23). The summed E-state index contributed by atoms with van der Waals surface area (Å²) >= 11 is 0. The normalized spacial score (nSPS) is 19.9. The Bertz CT molecular complexity index is 733. The van der Waals surface area contributed by atoms with Crippen LogP contribution in [-0.2, 0) is 16.0 Å². The second-order valence-electron chi connectivity index (χ2n) is 6.25. The minimum absolute atomic E-state index is 0.102. The molecule has 1 saturated heterocycles. The number of rotatable bonds is 6. The van der Waals surface area contributed by atoms with Crippen molar-refractivity contribution in [2.45, 2.75) is 24.9 Å². The summed E-state index contributed by atoms with van der Waals surface area (Å²) in [6.45, 7) is 0.755. The Morgan fingerprint density at radius 1 is 1.08 bits per heavy atom. The van der Waals surface area contributed by atoms with Crippen LogP contribution in [-0.4, -0.2) is 35.6 Å². The van der Waals surface area contributed by atoms with Gasteiger partial charge in [-0.25, -0.2) is 0 Å². The number of carbonyl (C=O) groups excluding carboxylic acids is 2. The number of para-hydroxylation sites is 1. The van der Waals surface area contributed by atoms with Crippen LogP contribution in [0, 0.1) is 0 Å². The van der Waals surface area contributed by atoms with E-state index in [0.29, 0.717) is 18.8 Å². The lowest BCUT2D eigenvalue weighted by molar-refractivity contribution is -0.149. The maximum absolute atomic E-state index is 12.5. The first-order valence-corrected chi connectivity index (χ1v) is 8.53. The zero-order chi connectivity index (χ0) is 17.7. The Hall–Kier alpha value is -2.66. The van der Waals surface area contributed by atoms with Crippen LogP contribution in [0.25, 0.3) is 0 Å². The van der Waals surface area contributed by atoms with E-state index in [1.165, 1.54) is 10.5 Å². The number of benzene rings is 2. The van der Waals surface area contributed by atoms with Crippen LogP contribution in [0.3, 0.4) is 0 Å². The molecule has 2 amide bonds. The van der Waals surface area contributed by atoms with Gasteiger partial charge in [-0.2, -0.15) is 0 Å². The van der Waals surface area contributed by atoms with Crippen LogP contribution in [0.15, 0.2) is 60.7 Å². The highest BCUT2D eigenvalue weighted by molar-refractivity contribution is 6.16. The van der Waals surface area contributed by atoms with Crippen LogP contribution in [0.5, 0.6) is 0 Å². The lowest BCUT2D eigenvalue weighted by atomic mass is 10.0. The first-order chi connectivity index (χ1) is 12.1. The van der Waals surface area contributed by atoms with Crippen molar-refractivity contribution in [3.63, 3.8) is 0 Å². The molecule has 1 atom stereocenters. The van der Waals surface area contributed by atoms with Crippen molar-refractivity contribution in [3.05, 3.63) is 66.2 Å². The number of carbonyl (C=O) groups is 2. The smallest absolute Gasteiger partial charge is 0.268 e. The number of hydrogen-bond acceptors (Lipinski definition) is 3. The van der Waals surface area contributed by atoms with Gasteiger partial charge in [0.25, 0.3) is 11.8 Å². The van der Waals surface area contributed by atoms with E-state index >= 15 is 0 Å².